The molecular weight excluding hydrogens is 424 g/mol. The highest BCUT2D eigenvalue weighted by molar-refractivity contribution is 6.09. The van der Waals surface area contributed by atoms with Crippen LogP contribution < -0.4 is 9.47 Å². The van der Waals surface area contributed by atoms with E-state index in [1.807, 2.05) is 111 Å². The van der Waals surface area contributed by atoms with Crippen LogP contribution in [0.25, 0.3) is 0 Å². The molecule has 6 rings (SSSR count). The van der Waals surface area contributed by atoms with Crippen LogP contribution >= 0.6 is 0 Å². The van der Waals surface area contributed by atoms with Crippen molar-refractivity contribution in [3.8, 4) is 11.5 Å². The second-order valence-electron chi connectivity index (χ2n) is 9.01. The Kier molecular flexibility index (Phi) is 4.30. The van der Waals surface area contributed by atoms with Crippen LogP contribution in [-0.4, -0.2) is 11.9 Å². The van der Waals surface area contributed by atoms with E-state index in [-0.39, 0.29) is 0 Å². The molecule has 0 saturated carbocycles. The summed E-state index contributed by atoms with van der Waals surface area (Å²) in [5, 5.41) is 0. The zero-order chi connectivity index (χ0) is 23.5. The molecule has 0 bridgehead atoms. The molecule has 0 spiro atoms. The topological polar surface area (TPSA) is 52.6 Å². The Morgan fingerprint density at radius 1 is 0.529 bits per heavy atom. The highest BCUT2D eigenvalue weighted by atomic mass is 16.6. The molecule has 0 aliphatic carbocycles. The number of hydrogen-bond acceptors (Lipinski definition) is 4. The molecular formula is C30H22O4. The summed E-state index contributed by atoms with van der Waals surface area (Å²) in [5.41, 5.74) is 1.67. The molecule has 0 fully saturated rings. The van der Waals surface area contributed by atoms with Crippen molar-refractivity contribution in [2.45, 2.75) is 24.7 Å². The van der Waals surface area contributed by atoms with Crippen LogP contribution in [0.1, 0.15) is 33.4 Å². The van der Waals surface area contributed by atoms with E-state index < -0.39 is 22.8 Å². The van der Waals surface area contributed by atoms with E-state index in [1.165, 1.54) is 0 Å². The number of aryl methyl sites for hydroxylation is 2. The fourth-order valence-electron chi connectivity index (χ4n) is 5.69. The number of carbonyl (C=O) groups is 2. The lowest BCUT2D eigenvalue weighted by atomic mass is 9.52. The third kappa shape index (κ3) is 2.43. The van der Waals surface area contributed by atoms with E-state index in [0.717, 1.165) is 11.1 Å². The largest absolute Gasteiger partial charge is 0.425 e. The highest BCUT2D eigenvalue weighted by Crippen LogP contribution is 2.62. The summed E-state index contributed by atoms with van der Waals surface area (Å²) in [4.78, 5) is 28.5. The third-order valence-electron chi connectivity index (χ3n) is 7.07. The van der Waals surface area contributed by atoms with Crippen molar-refractivity contribution in [1.82, 2.24) is 0 Å². The van der Waals surface area contributed by atoms with Crippen molar-refractivity contribution < 1.29 is 19.1 Å². The summed E-state index contributed by atoms with van der Waals surface area (Å²) in [6.07, 6.45) is 0. The number of carbonyl (C=O) groups excluding carboxylic acids is 2. The zero-order valence-corrected chi connectivity index (χ0v) is 18.9. The normalized spacial score (nSPS) is 22.6. The maximum atomic E-state index is 14.2. The Morgan fingerprint density at radius 3 is 1.29 bits per heavy atom. The van der Waals surface area contributed by atoms with Crippen LogP contribution in [0.3, 0.4) is 0 Å². The molecule has 4 aromatic rings. The summed E-state index contributed by atoms with van der Waals surface area (Å²) in [6.45, 7) is 3.94. The van der Waals surface area contributed by atoms with E-state index in [9.17, 15) is 9.59 Å². The van der Waals surface area contributed by atoms with Gasteiger partial charge in [0.05, 0.1) is 0 Å². The number of ether oxygens (including phenoxy) is 2. The van der Waals surface area contributed by atoms with Gasteiger partial charge >= 0.3 is 11.9 Å². The van der Waals surface area contributed by atoms with E-state index in [2.05, 4.69) is 0 Å². The van der Waals surface area contributed by atoms with Crippen LogP contribution in [0.2, 0.25) is 0 Å². The monoisotopic (exact) mass is 446 g/mol. The van der Waals surface area contributed by atoms with Gasteiger partial charge in [-0.05, 0) is 37.1 Å². The van der Waals surface area contributed by atoms with Crippen LogP contribution in [0, 0.1) is 13.8 Å². The van der Waals surface area contributed by atoms with Crippen LogP contribution in [0.5, 0.6) is 11.5 Å². The smallest absolute Gasteiger partial charge is 0.328 e. The van der Waals surface area contributed by atoms with Gasteiger partial charge in [-0.15, -0.1) is 0 Å². The minimum Gasteiger partial charge on any atom is -0.425 e. The van der Waals surface area contributed by atoms with Gasteiger partial charge in [0, 0.05) is 11.1 Å². The molecule has 0 amide bonds. The SMILES string of the molecule is Cc1ccc2c(c1)[C@@](c1ccccc1)([C@@]1(c3ccccc3)C(=O)Oc3ccc(C)cc31)C(=O)O2. The van der Waals surface area contributed by atoms with Crippen molar-refractivity contribution >= 4 is 11.9 Å². The molecule has 0 saturated heterocycles. The van der Waals surface area contributed by atoms with E-state index in [0.29, 0.717) is 33.8 Å². The van der Waals surface area contributed by atoms with Gasteiger partial charge in [0.25, 0.3) is 0 Å². The lowest BCUT2D eigenvalue weighted by molar-refractivity contribution is -0.147. The summed E-state index contributed by atoms with van der Waals surface area (Å²) < 4.78 is 11.9. The fraction of sp³-hybridized carbons (Fsp3) is 0.133. The van der Waals surface area contributed by atoms with Gasteiger partial charge in [0.15, 0.2) is 0 Å². The summed E-state index contributed by atoms with van der Waals surface area (Å²) in [5.74, 6) is -0.0590. The first kappa shape index (κ1) is 20.4. The quantitative estimate of drug-likeness (QED) is 0.312. The number of hydrogen-bond donors (Lipinski definition) is 0. The Bertz CT molecular complexity index is 1350. The number of fused-ring (bicyclic) bond motifs is 2. The maximum absolute atomic E-state index is 14.2. The molecule has 0 aromatic heterocycles. The van der Waals surface area contributed by atoms with Gasteiger partial charge in [-0.3, -0.25) is 9.59 Å². The third-order valence-corrected chi connectivity index (χ3v) is 7.07. The van der Waals surface area contributed by atoms with Gasteiger partial charge < -0.3 is 9.47 Å². The predicted molar refractivity (Wildman–Crippen MR) is 128 cm³/mol. The van der Waals surface area contributed by atoms with E-state index in [1.54, 1.807) is 0 Å². The lowest BCUT2D eigenvalue weighted by Gasteiger charge is -2.42. The van der Waals surface area contributed by atoms with E-state index >= 15 is 0 Å². The zero-order valence-electron chi connectivity index (χ0n) is 18.9. The first-order chi connectivity index (χ1) is 16.5. The van der Waals surface area contributed by atoms with Crippen molar-refractivity contribution in [2.75, 3.05) is 0 Å². The number of benzene rings is 4. The molecule has 0 unspecified atom stereocenters. The minimum absolute atomic E-state index is 0.462. The Morgan fingerprint density at radius 2 is 0.912 bits per heavy atom. The molecule has 166 valence electrons. The molecule has 4 nitrogen and oxygen atoms in total. The minimum atomic E-state index is -1.48. The first-order valence-corrected chi connectivity index (χ1v) is 11.3. The maximum Gasteiger partial charge on any atom is 0.328 e. The summed E-state index contributed by atoms with van der Waals surface area (Å²) >= 11 is 0. The van der Waals surface area contributed by atoms with Gasteiger partial charge in [-0.25, -0.2) is 0 Å². The van der Waals surface area contributed by atoms with Crippen LogP contribution in [-0.2, 0) is 20.4 Å². The summed E-state index contributed by atoms with van der Waals surface area (Å²) in [6, 6.07) is 30.3. The first-order valence-electron chi connectivity index (χ1n) is 11.3. The Labute approximate surface area is 197 Å². The van der Waals surface area contributed by atoms with Gasteiger partial charge in [0.1, 0.15) is 22.3 Å². The fourth-order valence-corrected chi connectivity index (χ4v) is 5.69. The van der Waals surface area contributed by atoms with Gasteiger partial charge in [0.2, 0.25) is 0 Å². The van der Waals surface area contributed by atoms with Crippen LogP contribution in [0.4, 0.5) is 0 Å². The highest BCUT2D eigenvalue weighted by Gasteiger charge is 2.72. The van der Waals surface area contributed by atoms with Crippen molar-refractivity contribution in [2.24, 2.45) is 0 Å². The Balaban J connectivity index is 1.86. The number of esters is 2. The van der Waals surface area contributed by atoms with Crippen LogP contribution in [0.15, 0.2) is 97.1 Å². The predicted octanol–water partition coefficient (Wildman–Crippen LogP) is 5.41. The summed E-state index contributed by atoms with van der Waals surface area (Å²) in [7, 11) is 0. The molecule has 4 heteroatoms. The van der Waals surface area contributed by atoms with Crippen molar-refractivity contribution in [1.29, 1.82) is 0 Å². The molecule has 0 N–H and O–H groups in total. The standard InChI is InChI=1S/C30H22O4/c1-19-13-15-25-23(17-19)29(27(31)33-25,21-9-5-3-6-10-21)30(22-11-7-4-8-12-22)24-18-20(2)14-16-26(24)34-28(30)32/h3-18H,1-2H3/t29-,30-/m1/s1. The Hall–Kier alpha value is -4.18. The molecule has 2 atom stereocenters. The molecule has 4 aromatic carbocycles. The average molecular weight is 447 g/mol. The average Bonchev–Trinajstić information content (AvgIpc) is 3.30. The molecule has 2 aliphatic heterocycles. The molecule has 2 heterocycles. The van der Waals surface area contributed by atoms with Crippen molar-refractivity contribution in [3.05, 3.63) is 130 Å². The second kappa shape index (κ2) is 7.16. The lowest BCUT2D eigenvalue weighted by Crippen LogP contribution is -2.58. The van der Waals surface area contributed by atoms with E-state index in [4.69, 9.17) is 9.47 Å². The number of rotatable bonds is 3. The van der Waals surface area contributed by atoms with Gasteiger partial charge in [-0.2, -0.15) is 0 Å². The molecule has 2 aliphatic rings. The molecule has 0 radical (unpaired) electrons. The molecule has 34 heavy (non-hydrogen) atoms. The second-order valence-corrected chi connectivity index (χ2v) is 9.01. The van der Waals surface area contributed by atoms with Crippen molar-refractivity contribution in [3.63, 3.8) is 0 Å². The van der Waals surface area contributed by atoms with Gasteiger partial charge in [-0.1, -0.05) is 96.1 Å².